The molecule has 3 N–H and O–H groups in total. The number of ether oxygens (including phenoxy) is 1. The molecule has 0 aromatic heterocycles. The monoisotopic (exact) mass is 248 g/mol. The highest BCUT2D eigenvalue weighted by Crippen LogP contribution is 2.33. The number of anilines is 1. The highest BCUT2D eigenvalue weighted by atomic mass is 16.5. The number of para-hydroxylation sites is 1. The molecule has 1 heterocycles. The van der Waals surface area contributed by atoms with Crippen LogP contribution in [0.4, 0.5) is 5.69 Å². The number of benzene rings is 1. The van der Waals surface area contributed by atoms with Gasteiger partial charge in [-0.2, -0.15) is 0 Å². The maximum atomic E-state index is 12.0. The molecular weight excluding hydrogens is 228 g/mol. The van der Waals surface area contributed by atoms with E-state index in [-0.39, 0.29) is 11.3 Å². The second-order valence-electron chi connectivity index (χ2n) is 4.91. The van der Waals surface area contributed by atoms with Crippen molar-refractivity contribution in [3.8, 4) is 0 Å². The first kappa shape index (κ1) is 13.1. The van der Waals surface area contributed by atoms with Gasteiger partial charge in [-0.05, 0) is 36.9 Å². The van der Waals surface area contributed by atoms with Crippen LogP contribution in [0.3, 0.4) is 0 Å². The first-order valence-corrected chi connectivity index (χ1v) is 6.37. The van der Waals surface area contributed by atoms with Crippen LogP contribution < -0.4 is 11.1 Å². The summed E-state index contributed by atoms with van der Waals surface area (Å²) in [5.74, 6) is 0.0357. The van der Waals surface area contributed by atoms with Crippen LogP contribution >= 0.6 is 0 Å². The van der Waals surface area contributed by atoms with Crippen LogP contribution in [0.2, 0.25) is 0 Å². The Labute approximate surface area is 108 Å². The van der Waals surface area contributed by atoms with E-state index in [0.717, 1.165) is 18.5 Å². The number of amides is 1. The summed E-state index contributed by atoms with van der Waals surface area (Å²) in [4.78, 5) is 12.0. The molecule has 2 rings (SSSR count). The Hall–Kier alpha value is -1.39. The summed E-state index contributed by atoms with van der Waals surface area (Å²) in [6.07, 6.45) is 2.21. The van der Waals surface area contributed by atoms with E-state index in [0.29, 0.717) is 26.2 Å². The SMILES string of the molecule is NCC1(CC(=O)Nc2ccccc2)CCOCC1. The molecule has 1 aromatic rings. The van der Waals surface area contributed by atoms with Crippen molar-refractivity contribution >= 4 is 11.6 Å². The summed E-state index contributed by atoms with van der Waals surface area (Å²) in [5, 5.41) is 2.91. The molecule has 4 heteroatoms. The Kier molecular flexibility index (Phi) is 4.33. The zero-order chi connectivity index (χ0) is 12.8. The molecule has 0 radical (unpaired) electrons. The van der Waals surface area contributed by atoms with Crippen molar-refractivity contribution in [2.24, 2.45) is 11.1 Å². The van der Waals surface area contributed by atoms with E-state index < -0.39 is 0 Å². The number of nitrogens with two attached hydrogens (primary N) is 1. The predicted molar refractivity (Wildman–Crippen MR) is 71.2 cm³/mol. The van der Waals surface area contributed by atoms with Gasteiger partial charge in [-0.25, -0.2) is 0 Å². The average Bonchev–Trinajstić information content (AvgIpc) is 2.41. The fourth-order valence-corrected chi connectivity index (χ4v) is 2.32. The van der Waals surface area contributed by atoms with Crippen molar-refractivity contribution in [3.63, 3.8) is 0 Å². The van der Waals surface area contributed by atoms with Crippen LogP contribution in [0, 0.1) is 5.41 Å². The molecule has 98 valence electrons. The molecule has 0 unspecified atom stereocenters. The predicted octanol–water partition coefficient (Wildman–Crippen LogP) is 1.77. The maximum absolute atomic E-state index is 12.0. The topological polar surface area (TPSA) is 64.4 Å². The summed E-state index contributed by atoms with van der Waals surface area (Å²) < 4.78 is 5.34. The molecule has 1 saturated heterocycles. The Morgan fingerprint density at radius 3 is 2.56 bits per heavy atom. The maximum Gasteiger partial charge on any atom is 0.224 e. The molecule has 18 heavy (non-hydrogen) atoms. The molecular formula is C14H20N2O2. The number of hydrogen-bond donors (Lipinski definition) is 2. The van der Waals surface area contributed by atoms with Crippen LogP contribution in [0.5, 0.6) is 0 Å². The van der Waals surface area contributed by atoms with Gasteiger partial charge in [-0.15, -0.1) is 0 Å². The summed E-state index contributed by atoms with van der Waals surface area (Å²) >= 11 is 0. The molecule has 1 aliphatic rings. The van der Waals surface area contributed by atoms with Gasteiger partial charge in [0.05, 0.1) is 0 Å². The summed E-state index contributed by atoms with van der Waals surface area (Å²) in [7, 11) is 0. The summed E-state index contributed by atoms with van der Waals surface area (Å²) in [6.45, 7) is 1.95. The Bertz CT molecular complexity index is 386. The lowest BCUT2D eigenvalue weighted by Gasteiger charge is -2.35. The van der Waals surface area contributed by atoms with E-state index >= 15 is 0 Å². The first-order chi connectivity index (χ1) is 8.74. The molecule has 0 spiro atoms. The van der Waals surface area contributed by atoms with Crippen molar-refractivity contribution in [1.29, 1.82) is 0 Å². The molecule has 0 aliphatic carbocycles. The lowest BCUT2D eigenvalue weighted by molar-refractivity contribution is -0.119. The van der Waals surface area contributed by atoms with E-state index in [1.807, 2.05) is 30.3 Å². The molecule has 4 nitrogen and oxygen atoms in total. The van der Waals surface area contributed by atoms with Crippen LogP contribution in [0.1, 0.15) is 19.3 Å². The minimum atomic E-state index is -0.0862. The number of rotatable bonds is 4. The molecule has 1 fully saturated rings. The van der Waals surface area contributed by atoms with E-state index in [1.165, 1.54) is 0 Å². The summed E-state index contributed by atoms with van der Waals surface area (Å²) in [5.41, 5.74) is 6.59. The minimum Gasteiger partial charge on any atom is -0.381 e. The largest absolute Gasteiger partial charge is 0.381 e. The van der Waals surface area contributed by atoms with Crippen molar-refractivity contribution in [3.05, 3.63) is 30.3 Å². The zero-order valence-electron chi connectivity index (χ0n) is 10.5. The fraction of sp³-hybridized carbons (Fsp3) is 0.500. The first-order valence-electron chi connectivity index (χ1n) is 6.37. The minimum absolute atomic E-state index is 0.0357. The lowest BCUT2D eigenvalue weighted by Crippen LogP contribution is -2.39. The van der Waals surface area contributed by atoms with Gasteiger partial charge in [0.15, 0.2) is 0 Å². The van der Waals surface area contributed by atoms with Crippen molar-refractivity contribution in [2.75, 3.05) is 25.1 Å². The third kappa shape index (κ3) is 3.31. The standard InChI is InChI=1S/C14H20N2O2/c15-11-14(6-8-18-9-7-14)10-13(17)16-12-4-2-1-3-5-12/h1-5H,6-11,15H2,(H,16,17). The highest BCUT2D eigenvalue weighted by molar-refractivity contribution is 5.91. The Morgan fingerprint density at radius 1 is 1.28 bits per heavy atom. The van der Waals surface area contributed by atoms with Gasteiger partial charge in [-0.3, -0.25) is 4.79 Å². The van der Waals surface area contributed by atoms with Gasteiger partial charge < -0.3 is 15.8 Å². The molecule has 1 amide bonds. The smallest absolute Gasteiger partial charge is 0.224 e. The van der Waals surface area contributed by atoms with Gasteiger partial charge in [0.1, 0.15) is 0 Å². The van der Waals surface area contributed by atoms with Crippen LogP contribution in [-0.4, -0.2) is 25.7 Å². The molecule has 0 atom stereocenters. The van der Waals surface area contributed by atoms with Gasteiger partial charge in [0, 0.05) is 25.3 Å². The van der Waals surface area contributed by atoms with Gasteiger partial charge in [0.2, 0.25) is 5.91 Å². The van der Waals surface area contributed by atoms with Crippen molar-refractivity contribution < 1.29 is 9.53 Å². The molecule has 0 saturated carbocycles. The normalized spacial score (nSPS) is 18.3. The zero-order valence-corrected chi connectivity index (χ0v) is 10.5. The van der Waals surface area contributed by atoms with E-state index in [1.54, 1.807) is 0 Å². The fourth-order valence-electron chi connectivity index (χ4n) is 2.32. The third-order valence-corrected chi connectivity index (χ3v) is 3.58. The van der Waals surface area contributed by atoms with Gasteiger partial charge in [0.25, 0.3) is 0 Å². The molecule has 1 aliphatic heterocycles. The average molecular weight is 248 g/mol. The number of hydrogen-bond acceptors (Lipinski definition) is 3. The highest BCUT2D eigenvalue weighted by Gasteiger charge is 2.33. The van der Waals surface area contributed by atoms with E-state index in [4.69, 9.17) is 10.5 Å². The number of carbonyl (C=O) groups excluding carboxylic acids is 1. The van der Waals surface area contributed by atoms with E-state index in [9.17, 15) is 4.79 Å². The van der Waals surface area contributed by atoms with Crippen molar-refractivity contribution in [1.82, 2.24) is 0 Å². The van der Waals surface area contributed by atoms with Crippen LogP contribution in [0.15, 0.2) is 30.3 Å². The number of nitrogens with one attached hydrogen (secondary N) is 1. The second kappa shape index (κ2) is 5.98. The van der Waals surface area contributed by atoms with Gasteiger partial charge in [-0.1, -0.05) is 18.2 Å². The van der Waals surface area contributed by atoms with Crippen LogP contribution in [0.25, 0.3) is 0 Å². The number of carbonyl (C=O) groups is 1. The Morgan fingerprint density at radius 2 is 1.94 bits per heavy atom. The van der Waals surface area contributed by atoms with Gasteiger partial charge >= 0.3 is 0 Å². The molecule has 1 aromatic carbocycles. The Balaban J connectivity index is 1.93. The van der Waals surface area contributed by atoms with Crippen molar-refractivity contribution in [2.45, 2.75) is 19.3 Å². The second-order valence-corrected chi connectivity index (χ2v) is 4.91. The van der Waals surface area contributed by atoms with E-state index in [2.05, 4.69) is 5.32 Å². The molecule has 0 bridgehead atoms. The van der Waals surface area contributed by atoms with Crippen LogP contribution in [-0.2, 0) is 9.53 Å². The third-order valence-electron chi connectivity index (χ3n) is 3.58. The summed E-state index contributed by atoms with van der Waals surface area (Å²) in [6, 6.07) is 9.51. The lowest BCUT2D eigenvalue weighted by atomic mass is 9.77. The quantitative estimate of drug-likeness (QED) is 0.853.